The van der Waals surface area contributed by atoms with Crippen molar-refractivity contribution in [1.82, 2.24) is 4.90 Å². The first kappa shape index (κ1) is 15.1. The molecule has 0 unspecified atom stereocenters. The maximum Gasteiger partial charge on any atom is 0.321 e. The standard InChI is InChI=1S/C14H17FN2O4/c1-8-6-17(7-10(8)13(18)19)14(20)16-12-5-9(21-2)3-4-11(12)15/h3-5,8,10H,6-7H2,1-2H3,(H,16,20)(H,18,19)/t8-,10-/m1/s1. The lowest BCUT2D eigenvalue weighted by molar-refractivity contribution is -0.142. The van der Waals surface area contributed by atoms with Crippen LogP contribution in [0.2, 0.25) is 0 Å². The van der Waals surface area contributed by atoms with Crippen LogP contribution in [0.3, 0.4) is 0 Å². The van der Waals surface area contributed by atoms with Gasteiger partial charge in [0.2, 0.25) is 0 Å². The minimum atomic E-state index is -0.926. The lowest BCUT2D eigenvalue weighted by Gasteiger charge is -2.17. The number of hydrogen-bond donors (Lipinski definition) is 2. The highest BCUT2D eigenvalue weighted by Crippen LogP contribution is 2.25. The number of amides is 2. The summed E-state index contributed by atoms with van der Waals surface area (Å²) in [5.41, 5.74) is 0.00535. The Hall–Kier alpha value is -2.31. The van der Waals surface area contributed by atoms with Crippen LogP contribution in [-0.2, 0) is 4.79 Å². The Labute approximate surface area is 121 Å². The smallest absolute Gasteiger partial charge is 0.321 e. The van der Waals surface area contributed by atoms with Crippen molar-refractivity contribution in [2.24, 2.45) is 11.8 Å². The lowest BCUT2D eigenvalue weighted by Crippen LogP contribution is -2.34. The van der Waals surface area contributed by atoms with Crippen LogP contribution in [0.5, 0.6) is 5.75 Å². The quantitative estimate of drug-likeness (QED) is 0.894. The molecule has 0 aliphatic carbocycles. The lowest BCUT2D eigenvalue weighted by atomic mass is 9.99. The second-order valence-electron chi connectivity index (χ2n) is 5.10. The van der Waals surface area contributed by atoms with Crippen LogP contribution < -0.4 is 10.1 Å². The third-order valence-corrected chi connectivity index (χ3v) is 3.63. The van der Waals surface area contributed by atoms with Crippen molar-refractivity contribution >= 4 is 17.7 Å². The number of methoxy groups -OCH3 is 1. The topological polar surface area (TPSA) is 78.9 Å². The van der Waals surface area contributed by atoms with Crippen molar-refractivity contribution in [1.29, 1.82) is 0 Å². The Morgan fingerprint density at radius 1 is 1.43 bits per heavy atom. The SMILES string of the molecule is COc1ccc(F)c(NC(=O)N2C[C@@H](C)[C@H](C(=O)O)C2)c1. The van der Waals surface area contributed by atoms with Gasteiger partial charge in [-0.3, -0.25) is 4.79 Å². The number of halogens is 1. The van der Waals surface area contributed by atoms with Gasteiger partial charge in [-0.15, -0.1) is 0 Å². The summed E-state index contributed by atoms with van der Waals surface area (Å²) >= 11 is 0. The fourth-order valence-electron chi connectivity index (χ4n) is 2.38. The van der Waals surface area contributed by atoms with Crippen LogP contribution in [0.15, 0.2) is 18.2 Å². The van der Waals surface area contributed by atoms with E-state index in [1.165, 1.54) is 30.2 Å². The zero-order chi connectivity index (χ0) is 15.6. The molecule has 7 heteroatoms. The van der Waals surface area contributed by atoms with Gasteiger partial charge >= 0.3 is 12.0 Å². The van der Waals surface area contributed by atoms with Crippen LogP contribution in [0.25, 0.3) is 0 Å². The van der Waals surface area contributed by atoms with E-state index in [9.17, 15) is 14.0 Å². The molecule has 2 amide bonds. The molecule has 1 aliphatic rings. The molecular formula is C14H17FN2O4. The third-order valence-electron chi connectivity index (χ3n) is 3.63. The summed E-state index contributed by atoms with van der Waals surface area (Å²) < 4.78 is 18.6. The number of ether oxygens (including phenoxy) is 1. The number of nitrogens with one attached hydrogen (secondary N) is 1. The number of carboxylic acids is 1. The summed E-state index contributed by atoms with van der Waals surface area (Å²) in [5, 5.41) is 11.5. The molecule has 0 spiro atoms. The Kier molecular flexibility index (Phi) is 4.30. The number of carbonyl (C=O) groups is 2. The van der Waals surface area contributed by atoms with Crippen LogP contribution in [-0.4, -0.2) is 42.2 Å². The van der Waals surface area contributed by atoms with Crippen LogP contribution in [0.4, 0.5) is 14.9 Å². The van der Waals surface area contributed by atoms with E-state index in [0.717, 1.165) is 0 Å². The van der Waals surface area contributed by atoms with Gasteiger partial charge in [0.25, 0.3) is 0 Å². The Morgan fingerprint density at radius 2 is 2.14 bits per heavy atom. The summed E-state index contributed by atoms with van der Waals surface area (Å²) in [6.45, 7) is 2.22. The predicted molar refractivity (Wildman–Crippen MR) is 73.8 cm³/mol. The molecule has 2 N–H and O–H groups in total. The molecule has 21 heavy (non-hydrogen) atoms. The van der Waals surface area contributed by atoms with Crippen molar-refractivity contribution in [3.63, 3.8) is 0 Å². The number of carboxylic acid groups (broad SMARTS) is 1. The van der Waals surface area contributed by atoms with Gasteiger partial charge in [0, 0.05) is 19.2 Å². The normalized spacial score (nSPS) is 21.2. The fourth-order valence-corrected chi connectivity index (χ4v) is 2.38. The first-order valence-corrected chi connectivity index (χ1v) is 6.54. The zero-order valence-electron chi connectivity index (χ0n) is 11.8. The van der Waals surface area contributed by atoms with E-state index in [2.05, 4.69) is 5.32 Å². The molecule has 1 aromatic carbocycles. The molecule has 1 saturated heterocycles. The van der Waals surface area contributed by atoms with Crippen molar-refractivity contribution in [3.05, 3.63) is 24.0 Å². The molecule has 1 aliphatic heterocycles. The third kappa shape index (κ3) is 3.24. The molecule has 2 rings (SSSR count). The van der Waals surface area contributed by atoms with Crippen molar-refractivity contribution in [2.45, 2.75) is 6.92 Å². The summed E-state index contributed by atoms with van der Waals surface area (Å²) in [6.07, 6.45) is 0. The fraction of sp³-hybridized carbons (Fsp3) is 0.429. The van der Waals surface area contributed by atoms with E-state index < -0.39 is 23.7 Å². The van der Waals surface area contributed by atoms with Gasteiger partial charge in [-0.25, -0.2) is 9.18 Å². The van der Waals surface area contributed by atoms with E-state index in [1.807, 2.05) is 0 Å². The van der Waals surface area contributed by atoms with E-state index in [-0.39, 0.29) is 18.2 Å². The number of urea groups is 1. The number of carbonyl (C=O) groups excluding carboxylic acids is 1. The largest absolute Gasteiger partial charge is 0.497 e. The molecule has 0 radical (unpaired) electrons. The number of hydrogen-bond acceptors (Lipinski definition) is 3. The van der Waals surface area contributed by atoms with Gasteiger partial charge in [-0.2, -0.15) is 0 Å². The number of aliphatic carboxylic acids is 1. The first-order valence-electron chi connectivity index (χ1n) is 6.54. The minimum absolute atomic E-state index is 0.00535. The Balaban J connectivity index is 2.07. The molecule has 1 heterocycles. The highest BCUT2D eigenvalue weighted by Gasteiger charge is 2.37. The van der Waals surface area contributed by atoms with Crippen LogP contribution in [0, 0.1) is 17.7 Å². The summed E-state index contributed by atoms with van der Waals surface area (Å²) in [4.78, 5) is 24.5. The van der Waals surface area contributed by atoms with E-state index in [1.54, 1.807) is 6.92 Å². The Bertz CT molecular complexity index is 564. The molecule has 6 nitrogen and oxygen atoms in total. The summed E-state index contributed by atoms with van der Waals surface area (Å²) in [7, 11) is 1.44. The maximum absolute atomic E-state index is 13.7. The number of benzene rings is 1. The van der Waals surface area contributed by atoms with E-state index >= 15 is 0 Å². The van der Waals surface area contributed by atoms with Crippen molar-refractivity contribution < 1.29 is 23.8 Å². The highest BCUT2D eigenvalue weighted by atomic mass is 19.1. The maximum atomic E-state index is 13.7. The first-order chi connectivity index (χ1) is 9.92. The molecule has 0 bridgehead atoms. The van der Waals surface area contributed by atoms with Gasteiger partial charge in [0.1, 0.15) is 11.6 Å². The van der Waals surface area contributed by atoms with Crippen molar-refractivity contribution in [2.75, 3.05) is 25.5 Å². The average molecular weight is 296 g/mol. The minimum Gasteiger partial charge on any atom is -0.497 e. The molecule has 0 aromatic heterocycles. The summed E-state index contributed by atoms with van der Waals surface area (Å²) in [5.74, 6) is -1.81. The second kappa shape index (κ2) is 5.99. The molecule has 114 valence electrons. The van der Waals surface area contributed by atoms with Gasteiger partial charge in [0.05, 0.1) is 18.7 Å². The number of nitrogens with zero attached hydrogens (tertiary/aromatic N) is 1. The molecule has 1 fully saturated rings. The highest BCUT2D eigenvalue weighted by molar-refractivity contribution is 5.90. The van der Waals surface area contributed by atoms with Gasteiger partial charge < -0.3 is 20.1 Å². The zero-order valence-corrected chi connectivity index (χ0v) is 11.8. The van der Waals surface area contributed by atoms with Crippen molar-refractivity contribution in [3.8, 4) is 5.75 Å². The average Bonchev–Trinajstić information content (AvgIpc) is 2.83. The summed E-state index contributed by atoms with van der Waals surface area (Å²) in [6, 6.07) is 3.50. The van der Waals surface area contributed by atoms with E-state index in [0.29, 0.717) is 12.3 Å². The predicted octanol–water partition coefficient (Wildman–Crippen LogP) is 2.02. The monoisotopic (exact) mass is 296 g/mol. The number of anilines is 1. The van der Waals surface area contributed by atoms with E-state index in [4.69, 9.17) is 9.84 Å². The Morgan fingerprint density at radius 3 is 2.71 bits per heavy atom. The molecule has 1 aromatic rings. The van der Waals surface area contributed by atoms with Gasteiger partial charge in [0.15, 0.2) is 0 Å². The van der Waals surface area contributed by atoms with Crippen LogP contribution in [0.1, 0.15) is 6.92 Å². The number of rotatable bonds is 3. The van der Waals surface area contributed by atoms with Gasteiger partial charge in [-0.05, 0) is 18.1 Å². The van der Waals surface area contributed by atoms with Crippen LogP contribution >= 0.6 is 0 Å². The number of likely N-dealkylation sites (tertiary alicyclic amines) is 1. The molecule has 0 saturated carbocycles. The van der Waals surface area contributed by atoms with Gasteiger partial charge in [-0.1, -0.05) is 6.92 Å². The second-order valence-corrected chi connectivity index (χ2v) is 5.10. The molecular weight excluding hydrogens is 279 g/mol. The molecule has 2 atom stereocenters.